The van der Waals surface area contributed by atoms with Gasteiger partial charge in [-0.25, -0.2) is 0 Å². The van der Waals surface area contributed by atoms with Gasteiger partial charge >= 0.3 is 0 Å². The molecule has 1 heterocycles. The predicted octanol–water partition coefficient (Wildman–Crippen LogP) is 3.63. The normalized spacial score (nSPS) is 16.2. The van der Waals surface area contributed by atoms with Crippen LogP contribution in [0.4, 0.5) is 5.69 Å². The number of amides is 1. The van der Waals surface area contributed by atoms with Gasteiger partial charge in [-0.1, -0.05) is 48.9 Å². The molecule has 3 rings (SSSR count). The topological polar surface area (TPSA) is 41.6 Å². The van der Waals surface area contributed by atoms with E-state index in [0.29, 0.717) is 19.6 Å². The van der Waals surface area contributed by atoms with Crippen molar-refractivity contribution in [3.8, 4) is 5.75 Å². The molecule has 0 bridgehead atoms. The maximum absolute atomic E-state index is 12.3. The Morgan fingerprint density at radius 2 is 2.00 bits per heavy atom. The van der Waals surface area contributed by atoms with Crippen molar-refractivity contribution in [2.24, 2.45) is 0 Å². The average Bonchev–Trinajstić information content (AvgIpc) is 2.61. The van der Waals surface area contributed by atoms with Crippen LogP contribution in [0, 0.1) is 0 Å². The maximum atomic E-state index is 12.3. The molecule has 1 aliphatic heterocycles. The van der Waals surface area contributed by atoms with Crippen molar-refractivity contribution in [2.45, 2.75) is 26.0 Å². The molecule has 0 fully saturated rings. The number of benzene rings is 2. The van der Waals surface area contributed by atoms with Gasteiger partial charge < -0.3 is 15.0 Å². The van der Waals surface area contributed by atoms with Crippen molar-refractivity contribution in [1.29, 1.82) is 0 Å². The second kappa shape index (κ2) is 7.58. The average molecular weight is 345 g/mol. The van der Waals surface area contributed by atoms with Crippen LogP contribution in [0.3, 0.4) is 0 Å². The van der Waals surface area contributed by atoms with E-state index in [0.717, 1.165) is 28.4 Å². The van der Waals surface area contributed by atoms with E-state index in [1.807, 2.05) is 55.5 Å². The van der Waals surface area contributed by atoms with Gasteiger partial charge in [0, 0.05) is 18.1 Å². The first-order chi connectivity index (χ1) is 11.7. The number of hydrogen-bond donors (Lipinski definition) is 1. The lowest BCUT2D eigenvalue weighted by Crippen LogP contribution is -2.48. The number of fused-ring (bicyclic) bond motifs is 1. The molecule has 0 aromatic heterocycles. The molecule has 4 nitrogen and oxygen atoms in total. The van der Waals surface area contributed by atoms with Gasteiger partial charge in [0.05, 0.1) is 12.2 Å². The first-order valence-electron chi connectivity index (χ1n) is 8.20. The molecule has 126 valence electrons. The van der Waals surface area contributed by atoms with Gasteiger partial charge in [0.2, 0.25) is 0 Å². The van der Waals surface area contributed by atoms with Crippen LogP contribution in [0.1, 0.15) is 18.9 Å². The molecule has 1 N–H and O–H groups in total. The van der Waals surface area contributed by atoms with Gasteiger partial charge in [-0.3, -0.25) is 4.79 Å². The summed E-state index contributed by atoms with van der Waals surface area (Å²) in [6, 6.07) is 15.6. The molecule has 24 heavy (non-hydrogen) atoms. The zero-order valence-corrected chi connectivity index (χ0v) is 14.4. The van der Waals surface area contributed by atoms with Gasteiger partial charge in [-0.05, 0) is 30.2 Å². The summed E-state index contributed by atoms with van der Waals surface area (Å²) >= 11 is 6.30. The SMILES string of the molecule is CCCNC(=O)[C@H]1CN(Cc2ccccc2Cl)c2ccccc2O1. The lowest BCUT2D eigenvalue weighted by atomic mass is 10.1. The first-order valence-corrected chi connectivity index (χ1v) is 8.58. The third-order valence-electron chi connectivity index (χ3n) is 4.02. The number of rotatable bonds is 5. The number of halogens is 1. The summed E-state index contributed by atoms with van der Waals surface area (Å²) < 4.78 is 5.90. The monoisotopic (exact) mass is 344 g/mol. The number of nitrogens with one attached hydrogen (secondary N) is 1. The zero-order chi connectivity index (χ0) is 16.9. The summed E-state index contributed by atoms with van der Waals surface area (Å²) in [5.74, 6) is 0.656. The number of para-hydroxylation sites is 2. The predicted molar refractivity (Wildman–Crippen MR) is 96.7 cm³/mol. The molecule has 0 radical (unpaired) electrons. The van der Waals surface area contributed by atoms with Crippen LogP contribution in [0.2, 0.25) is 5.02 Å². The van der Waals surface area contributed by atoms with Crippen LogP contribution < -0.4 is 15.0 Å². The van der Waals surface area contributed by atoms with Gasteiger partial charge in [0.15, 0.2) is 6.10 Å². The highest BCUT2D eigenvalue weighted by molar-refractivity contribution is 6.31. The first kappa shape index (κ1) is 16.7. The molecule has 2 aromatic carbocycles. The van der Waals surface area contributed by atoms with Crippen LogP contribution in [0.25, 0.3) is 0 Å². The number of hydrogen-bond acceptors (Lipinski definition) is 3. The largest absolute Gasteiger partial charge is 0.477 e. The Hall–Kier alpha value is -2.20. The van der Waals surface area contributed by atoms with Crippen LogP contribution in [0.5, 0.6) is 5.75 Å². The standard InChI is InChI=1S/C19H21ClN2O2/c1-2-11-21-19(23)18-13-22(12-14-7-3-4-8-15(14)20)16-9-5-6-10-17(16)24-18/h3-10,18H,2,11-13H2,1H3,(H,21,23)/t18-/m1/s1. The number of carbonyl (C=O) groups excluding carboxylic acids is 1. The van der Waals surface area contributed by atoms with Gasteiger partial charge in [-0.15, -0.1) is 0 Å². The number of carbonyl (C=O) groups is 1. The molecular weight excluding hydrogens is 324 g/mol. The third-order valence-corrected chi connectivity index (χ3v) is 4.39. The Bertz CT molecular complexity index is 720. The molecule has 0 aliphatic carbocycles. The maximum Gasteiger partial charge on any atom is 0.262 e. The van der Waals surface area contributed by atoms with Gasteiger partial charge in [0.25, 0.3) is 5.91 Å². The number of nitrogens with zero attached hydrogens (tertiary/aromatic N) is 1. The fraction of sp³-hybridized carbons (Fsp3) is 0.316. The second-order valence-electron chi connectivity index (χ2n) is 5.84. The molecule has 1 atom stereocenters. The van der Waals surface area contributed by atoms with Crippen molar-refractivity contribution in [3.05, 3.63) is 59.1 Å². The lowest BCUT2D eigenvalue weighted by molar-refractivity contribution is -0.127. The van der Waals surface area contributed by atoms with E-state index in [1.165, 1.54) is 0 Å². The summed E-state index contributed by atoms with van der Waals surface area (Å²) in [5.41, 5.74) is 2.01. The fourth-order valence-corrected chi connectivity index (χ4v) is 2.98. The molecule has 5 heteroatoms. The van der Waals surface area contributed by atoms with Crippen LogP contribution in [-0.4, -0.2) is 25.1 Å². The third kappa shape index (κ3) is 3.65. The molecule has 1 amide bonds. The van der Waals surface area contributed by atoms with Crippen LogP contribution >= 0.6 is 11.6 Å². The fourth-order valence-electron chi connectivity index (χ4n) is 2.79. The Balaban J connectivity index is 1.84. The second-order valence-corrected chi connectivity index (χ2v) is 6.24. The summed E-state index contributed by atoms with van der Waals surface area (Å²) in [7, 11) is 0. The van der Waals surface area contributed by atoms with E-state index >= 15 is 0 Å². The molecule has 2 aromatic rings. The molecule has 1 aliphatic rings. The van der Waals surface area contributed by atoms with Gasteiger partial charge in [0.1, 0.15) is 5.75 Å². The molecule has 0 unspecified atom stereocenters. The number of ether oxygens (including phenoxy) is 1. The molecular formula is C19H21ClN2O2. The minimum atomic E-state index is -0.520. The Morgan fingerprint density at radius 3 is 2.79 bits per heavy atom. The summed E-state index contributed by atoms with van der Waals surface area (Å²) in [6.45, 7) is 3.82. The Kier molecular flexibility index (Phi) is 5.26. The Labute approximate surface area is 147 Å². The van der Waals surface area contributed by atoms with Crippen LogP contribution in [-0.2, 0) is 11.3 Å². The van der Waals surface area contributed by atoms with E-state index in [1.54, 1.807) is 0 Å². The smallest absolute Gasteiger partial charge is 0.262 e. The van der Waals surface area contributed by atoms with Crippen molar-refractivity contribution >= 4 is 23.2 Å². The van der Waals surface area contributed by atoms with Crippen molar-refractivity contribution in [3.63, 3.8) is 0 Å². The minimum absolute atomic E-state index is 0.0736. The van der Waals surface area contributed by atoms with E-state index in [-0.39, 0.29) is 5.91 Å². The summed E-state index contributed by atoms with van der Waals surface area (Å²) in [5, 5.41) is 3.64. The van der Waals surface area contributed by atoms with E-state index in [4.69, 9.17) is 16.3 Å². The lowest BCUT2D eigenvalue weighted by Gasteiger charge is -2.35. The Morgan fingerprint density at radius 1 is 1.25 bits per heavy atom. The van der Waals surface area contributed by atoms with Crippen molar-refractivity contribution in [1.82, 2.24) is 5.32 Å². The molecule has 0 saturated carbocycles. The highest BCUT2D eigenvalue weighted by atomic mass is 35.5. The summed E-state index contributed by atoms with van der Waals surface area (Å²) in [6.07, 6.45) is 0.382. The van der Waals surface area contributed by atoms with E-state index in [9.17, 15) is 4.79 Å². The highest BCUT2D eigenvalue weighted by Gasteiger charge is 2.30. The minimum Gasteiger partial charge on any atom is -0.477 e. The van der Waals surface area contributed by atoms with Crippen LogP contribution in [0.15, 0.2) is 48.5 Å². The number of anilines is 1. The van der Waals surface area contributed by atoms with Crippen molar-refractivity contribution in [2.75, 3.05) is 18.0 Å². The van der Waals surface area contributed by atoms with E-state index < -0.39 is 6.10 Å². The highest BCUT2D eigenvalue weighted by Crippen LogP contribution is 2.34. The molecule has 0 saturated heterocycles. The van der Waals surface area contributed by atoms with E-state index in [2.05, 4.69) is 10.2 Å². The quantitative estimate of drug-likeness (QED) is 0.900. The molecule has 0 spiro atoms. The zero-order valence-electron chi connectivity index (χ0n) is 13.7. The van der Waals surface area contributed by atoms with Gasteiger partial charge in [-0.2, -0.15) is 0 Å². The summed E-state index contributed by atoms with van der Waals surface area (Å²) in [4.78, 5) is 14.5. The van der Waals surface area contributed by atoms with Crippen molar-refractivity contribution < 1.29 is 9.53 Å².